The van der Waals surface area contributed by atoms with Crippen LogP contribution >= 0.6 is 0 Å². The van der Waals surface area contributed by atoms with E-state index in [2.05, 4.69) is 5.32 Å². The minimum atomic E-state index is -4.78. The third-order valence-electron chi connectivity index (χ3n) is 7.28. The van der Waals surface area contributed by atoms with Gasteiger partial charge in [-0.15, -0.1) is 0 Å². The fraction of sp³-hybridized carbons (Fsp3) is 0.462. The van der Waals surface area contributed by atoms with Gasteiger partial charge in [-0.1, -0.05) is 12.5 Å². The molecule has 0 unspecified atom stereocenters. The Morgan fingerprint density at radius 3 is 2.42 bits per heavy atom. The van der Waals surface area contributed by atoms with Gasteiger partial charge in [-0.3, -0.25) is 14.4 Å². The number of nitriles is 1. The average Bonchev–Trinajstić information content (AvgIpc) is 3.72. The molecular weight excluding hydrogens is 556 g/mol. The van der Waals surface area contributed by atoms with Crippen LogP contribution in [0.4, 0.5) is 17.6 Å². The quantitative estimate of drug-likeness (QED) is 0.339. The standard InChI is InChI=1S/C26H26F4N4O5S/c27-20-14-17(4-5-18(20)15-31)16-32-22(35)19-6-7-21-24(37)33(11-12-34(21)23(19)36)10-2-1-3-13-40(38,39)25(8-9-25)26(28,29)30/h4-7,14H,1-3,8-13,16H2,(H,32,35). The summed E-state index contributed by atoms with van der Waals surface area (Å²) >= 11 is 0. The second kappa shape index (κ2) is 11.0. The molecular formula is C26H26F4N4O5S. The van der Waals surface area contributed by atoms with Crippen molar-refractivity contribution in [3.63, 3.8) is 0 Å². The number of carbonyl (C=O) groups excluding carboxylic acids is 2. The van der Waals surface area contributed by atoms with Crippen LogP contribution in [0.3, 0.4) is 0 Å². The number of hydrogen-bond donors (Lipinski definition) is 1. The molecule has 0 radical (unpaired) electrons. The second-order valence-corrected chi connectivity index (χ2v) is 12.3. The van der Waals surface area contributed by atoms with Crippen LogP contribution in [0.25, 0.3) is 0 Å². The van der Waals surface area contributed by atoms with Gasteiger partial charge in [0.25, 0.3) is 17.4 Å². The fourth-order valence-corrected chi connectivity index (χ4v) is 6.80. The molecule has 1 saturated carbocycles. The van der Waals surface area contributed by atoms with E-state index in [1.54, 1.807) is 6.07 Å². The number of nitrogens with zero attached hydrogens (tertiary/aromatic N) is 3. The largest absolute Gasteiger partial charge is 0.408 e. The molecule has 9 nitrogen and oxygen atoms in total. The Balaban J connectivity index is 1.30. The molecule has 0 saturated heterocycles. The molecule has 1 aliphatic carbocycles. The van der Waals surface area contributed by atoms with Crippen LogP contribution in [0.1, 0.15) is 64.1 Å². The molecule has 2 heterocycles. The Morgan fingerprint density at radius 1 is 1.07 bits per heavy atom. The van der Waals surface area contributed by atoms with Crippen molar-refractivity contribution in [3.05, 3.63) is 68.9 Å². The molecule has 1 N–H and O–H groups in total. The number of amides is 2. The molecule has 1 aromatic heterocycles. The van der Waals surface area contributed by atoms with Gasteiger partial charge >= 0.3 is 6.18 Å². The lowest BCUT2D eigenvalue weighted by Gasteiger charge is -2.29. The van der Waals surface area contributed by atoms with Crippen LogP contribution in [0.2, 0.25) is 0 Å². The zero-order valence-corrected chi connectivity index (χ0v) is 22.1. The second-order valence-electron chi connectivity index (χ2n) is 9.86. The number of pyridine rings is 1. The van der Waals surface area contributed by atoms with E-state index in [0.29, 0.717) is 18.4 Å². The number of sulfone groups is 1. The van der Waals surface area contributed by atoms with Gasteiger partial charge in [0.2, 0.25) is 0 Å². The molecule has 214 valence electrons. The molecule has 0 spiro atoms. The maximum absolute atomic E-state index is 13.8. The van der Waals surface area contributed by atoms with Crippen LogP contribution in [-0.4, -0.2) is 59.5 Å². The number of carbonyl (C=O) groups is 2. The van der Waals surface area contributed by atoms with Crippen LogP contribution in [-0.2, 0) is 22.9 Å². The third-order valence-corrected chi connectivity index (χ3v) is 9.94. The summed E-state index contributed by atoms with van der Waals surface area (Å²) in [6.45, 7) is 0.426. The number of hydrogen-bond acceptors (Lipinski definition) is 6. The van der Waals surface area contributed by atoms with E-state index in [1.807, 2.05) is 0 Å². The van der Waals surface area contributed by atoms with Crippen molar-refractivity contribution in [3.8, 4) is 6.07 Å². The number of halogens is 4. The Kier molecular flexibility index (Phi) is 8.07. The van der Waals surface area contributed by atoms with Crippen LogP contribution in [0.15, 0.2) is 35.1 Å². The Bertz CT molecular complexity index is 1540. The van der Waals surface area contributed by atoms with Gasteiger partial charge in [-0.2, -0.15) is 18.4 Å². The van der Waals surface area contributed by atoms with Crippen molar-refractivity contribution >= 4 is 21.7 Å². The first kappa shape index (κ1) is 29.3. The normalized spacial score (nSPS) is 16.3. The predicted molar refractivity (Wildman–Crippen MR) is 135 cm³/mol. The molecule has 40 heavy (non-hydrogen) atoms. The van der Waals surface area contributed by atoms with Gasteiger partial charge < -0.3 is 14.8 Å². The molecule has 4 rings (SSSR count). The first-order valence-corrected chi connectivity index (χ1v) is 14.3. The molecule has 0 atom stereocenters. The third kappa shape index (κ3) is 5.60. The Labute approximate surface area is 227 Å². The molecule has 0 bridgehead atoms. The first-order valence-electron chi connectivity index (χ1n) is 12.6. The molecule has 2 amide bonds. The fourth-order valence-electron chi connectivity index (χ4n) is 4.75. The number of alkyl halides is 3. The van der Waals surface area contributed by atoms with Crippen LogP contribution in [0, 0.1) is 17.1 Å². The molecule has 2 aliphatic rings. The van der Waals surface area contributed by atoms with E-state index in [1.165, 1.54) is 33.7 Å². The van der Waals surface area contributed by atoms with E-state index in [-0.39, 0.29) is 49.4 Å². The highest BCUT2D eigenvalue weighted by molar-refractivity contribution is 7.93. The highest BCUT2D eigenvalue weighted by Crippen LogP contribution is 2.55. The molecule has 1 fully saturated rings. The van der Waals surface area contributed by atoms with Crippen molar-refractivity contribution in [1.29, 1.82) is 5.26 Å². The number of benzene rings is 1. The van der Waals surface area contributed by atoms with Gasteiger partial charge in [-0.05, 0) is 55.5 Å². The smallest absolute Gasteiger partial charge is 0.348 e. The number of rotatable bonds is 10. The van der Waals surface area contributed by atoms with Crippen molar-refractivity contribution in [1.82, 2.24) is 14.8 Å². The average molecular weight is 583 g/mol. The highest BCUT2D eigenvalue weighted by atomic mass is 32.2. The lowest BCUT2D eigenvalue weighted by Crippen LogP contribution is -2.46. The first-order chi connectivity index (χ1) is 18.8. The number of nitrogens with one attached hydrogen (secondary N) is 1. The number of aromatic nitrogens is 1. The summed E-state index contributed by atoms with van der Waals surface area (Å²) in [5.74, 6) is -2.47. The van der Waals surface area contributed by atoms with Gasteiger partial charge in [-0.25, -0.2) is 12.8 Å². The Hall–Kier alpha value is -3.73. The summed E-state index contributed by atoms with van der Waals surface area (Å²) in [5.41, 5.74) is -0.545. The number of fused-ring (bicyclic) bond motifs is 1. The van der Waals surface area contributed by atoms with Gasteiger partial charge in [0.1, 0.15) is 23.1 Å². The van der Waals surface area contributed by atoms with Gasteiger partial charge in [0.15, 0.2) is 14.6 Å². The topological polar surface area (TPSA) is 129 Å². The van der Waals surface area contributed by atoms with Crippen molar-refractivity contribution in [2.75, 3.05) is 18.8 Å². The van der Waals surface area contributed by atoms with E-state index in [4.69, 9.17) is 5.26 Å². The van der Waals surface area contributed by atoms with Crippen LogP contribution in [0.5, 0.6) is 0 Å². The van der Waals surface area contributed by atoms with E-state index >= 15 is 0 Å². The maximum Gasteiger partial charge on any atom is 0.408 e. The van der Waals surface area contributed by atoms with Gasteiger partial charge in [0.05, 0.1) is 11.3 Å². The van der Waals surface area contributed by atoms with E-state index in [0.717, 1.165) is 6.07 Å². The predicted octanol–water partition coefficient (Wildman–Crippen LogP) is 2.92. The minimum absolute atomic E-state index is 0.0474. The van der Waals surface area contributed by atoms with E-state index in [9.17, 15) is 40.4 Å². The minimum Gasteiger partial charge on any atom is -0.348 e. The Morgan fingerprint density at radius 2 is 1.80 bits per heavy atom. The zero-order chi connectivity index (χ0) is 29.3. The lowest BCUT2D eigenvalue weighted by atomic mass is 10.1. The SMILES string of the molecule is N#Cc1ccc(CNC(=O)c2ccc3n(c2=O)CCN(CCCCCS(=O)(=O)C2(C(F)(F)F)CC2)C3=O)cc1F. The molecule has 1 aromatic carbocycles. The summed E-state index contributed by atoms with van der Waals surface area (Å²) < 4.78 is 76.2. The maximum atomic E-state index is 13.8. The molecule has 1 aliphatic heterocycles. The molecule has 14 heteroatoms. The van der Waals surface area contributed by atoms with Crippen molar-refractivity contribution in [2.24, 2.45) is 0 Å². The summed E-state index contributed by atoms with van der Waals surface area (Å²) in [4.78, 5) is 39.9. The summed E-state index contributed by atoms with van der Waals surface area (Å²) in [6.07, 6.45) is -4.85. The van der Waals surface area contributed by atoms with E-state index < -0.39 is 62.5 Å². The van der Waals surface area contributed by atoms with Crippen molar-refractivity contribution in [2.45, 2.75) is 56.1 Å². The van der Waals surface area contributed by atoms with Crippen molar-refractivity contribution < 1.29 is 35.6 Å². The lowest BCUT2D eigenvalue weighted by molar-refractivity contribution is -0.137. The van der Waals surface area contributed by atoms with Crippen LogP contribution < -0.4 is 10.9 Å². The summed E-state index contributed by atoms with van der Waals surface area (Å²) in [7, 11) is -4.31. The summed E-state index contributed by atoms with van der Waals surface area (Å²) in [5, 5.41) is 11.3. The monoisotopic (exact) mass is 582 g/mol. The highest BCUT2D eigenvalue weighted by Gasteiger charge is 2.71. The van der Waals surface area contributed by atoms with Gasteiger partial charge in [0, 0.05) is 26.2 Å². The molecule has 2 aromatic rings. The number of unbranched alkanes of at least 4 members (excludes halogenated alkanes) is 2. The zero-order valence-electron chi connectivity index (χ0n) is 21.3. The summed E-state index contributed by atoms with van der Waals surface area (Å²) in [6, 6.07) is 8.13.